The van der Waals surface area contributed by atoms with Gasteiger partial charge in [-0.3, -0.25) is 9.78 Å². The molecular weight excluding hydrogens is 262 g/mol. The number of nitrogens with one attached hydrogen (secondary N) is 1. The second-order valence-electron chi connectivity index (χ2n) is 6.28. The van der Waals surface area contributed by atoms with Gasteiger partial charge in [0, 0.05) is 18.8 Å². The molecule has 116 valence electrons. The zero-order valence-corrected chi connectivity index (χ0v) is 13.4. The van der Waals surface area contributed by atoms with Gasteiger partial charge in [0.1, 0.15) is 0 Å². The summed E-state index contributed by atoms with van der Waals surface area (Å²) >= 11 is 0. The molecule has 1 aliphatic rings. The number of piperidine rings is 1. The molecule has 1 aromatic rings. The number of hydrogen-bond donors (Lipinski definition) is 1. The van der Waals surface area contributed by atoms with Crippen molar-refractivity contribution < 1.29 is 4.79 Å². The molecule has 0 radical (unpaired) electrons. The Hall–Kier alpha value is -1.42. The Morgan fingerprint density at radius 1 is 1.43 bits per heavy atom. The van der Waals surface area contributed by atoms with Crippen LogP contribution in [0.4, 0.5) is 0 Å². The maximum atomic E-state index is 12.7. The van der Waals surface area contributed by atoms with Crippen molar-refractivity contribution in [3.8, 4) is 0 Å². The van der Waals surface area contributed by atoms with Gasteiger partial charge in [0.15, 0.2) is 0 Å². The van der Waals surface area contributed by atoms with Gasteiger partial charge in [-0.25, -0.2) is 0 Å². The summed E-state index contributed by atoms with van der Waals surface area (Å²) in [6.07, 6.45) is 4.51. The largest absolute Gasteiger partial charge is 0.340 e. The molecule has 21 heavy (non-hydrogen) atoms. The van der Waals surface area contributed by atoms with E-state index in [2.05, 4.69) is 24.1 Å². The van der Waals surface area contributed by atoms with E-state index in [9.17, 15) is 4.79 Å². The van der Waals surface area contributed by atoms with Gasteiger partial charge in [0.05, 0.1) is 12.1 Å². The molecule has 0 bridgehead atoms. The number of carbonyl (C=O) groups is 1. The van der Waals surface area contributed by atoms with Crippen molar-refractivity contribution in [2.45, 2.75) is 46.1 Å². The molecule has 0 aliphatic carbocycles. The first-order valence-corrected chi connectivity index (χ1v) is 7.98. The molecule has 1 fully saturated rings. The lowest BCUT2D eigenvalue weighted by Gasteiger charge is -2.33. The Labute approximate surface area is 127 Å². The summed E-state index contributed by atoms with van der Waals surface area (Å²) in [5, 5.41) is 3.38. The molecule has 0 atom stereocenters. The number of aromatic nitrogens is 1. The summed E-state index contributed by atoms with van der Waals surface area (Å²) in [7, 11) is 0. The van der Waals surface area contributed by atoms with E-state index < -0.39 is 0 Å². The average Bonchev–Trinajstić information content (AvgIpc) is 2.48. The van der Waals surface area contributed by atoms with E-state index in [0.717, 1.165) is 30.9 Å². The molecule has 0 unspecified atom stereocenters. The monoisotopic (exact) mass is 289 g/mol. The molecule has 1 amide bonds. The number of nitrogens with zero attached hydrogens (tertiary/aromatic N) is 2. The molecule has 1 saturated heterocycles. The molecule has 1 aromatic heterocycles. The van der Waals surface area contributed by atoms with Crippen LogP contribution in [-0.2, 0) is 11.2 Å². The van der Waals surface area contributed by atoms with Crippen LogP contribution < -0.4 is 5.32 Å². The Kier molecular flexibility index (Phi) is 5.74. The van der Waals surface area contributed by atoms with E-state index in [4.69, 9.17) is 0 Å². The lowest BCUT2D eigenvalue weighted by atomic mass is 9.96. The fraction of sp³-hybridized carbons (Fsp3) is 0.647. The Bertz CT molecular complexity index is 467. The summed E-state index contributed by atoms with van der Waals surface area (Å²) in [6.45, 7) is 9.25. The number of aryl methyl sites for hydroxylation is 1. The standard InChI is InChI=1S/C17H27N3O/c1-13(2)20(12-15-6-9-18-10-7-15)17(21)11-16-14(3)5-4-8-19-16/h4-5,8,13,15,18H,6-7,9-12H2,1-3H3. The van der Waals surface area contributed by atoms with Crippen molar-refractivity contribution in [1.82, 2.24) is 15.2 Å². The van der Waals surface area contributed by atoms with Crippen LogP contribution in [0.1, 0.15) is 37.9 Å². The van der Waals surface area contributed by atoms with Gasteiger partial charge in [0.2, 0.25) is 5.91 Å². The van der Waals surface area contributed by atoms with Crippen LogP contribution in [0, 0.1) is 12.8 Å². The van der Waals surface area contributed by atoms with Gasteiger partial charge in [-0.05, 0) is 64.3 Å². The van der Waals surface area contributed by atoms with Gasteiger partial charge in [-0.1, -0.05) is 6.07 Å². The van der Waals surface area contributed by atoms with E-state index in [-0.39, 0.29) is 11.9 Å². The molecule has 0 spiro atoms. The third kappa shape index (κ3) is 4.53. The van der Waals surface area contributed by atoms with Gasteiger partial charge >= 0.3 is 0 Å². The van der Waals surface area contributed by atoms with Crippen LogP contribution in [0.2, 0.25) is 0 Å². The van der Waals surface area contributed by atoms with E-state index in [1.165, 1.54) is 12.8 Å². The van der Waals surface area contributed by atoms with Crippen molar-refractivity contribution in [3.05, 3.63) is 29.6 Å². The minimum Gasteiger partial charge on any atom is -0.340 e. The second-order valence-corrected chi connectivity index (χ2v) is 6.28. The molecule has 1 aliphatic heterocycles. The van der Waals surface area contributed by atoms with Crippen LogP contribution >= 0.6 is 0 Å². The third-order valence-electron chi connectivity index (χ3n) is 4.29. The fourth-order valence-corrected chi connectivity index (χ4v) is 2.89. The first-order chi connectivity index (χ1) is 10.1. The van der Waals surface area contributed by atoms with E-state index >= 15 is 0 Å². The molecule has 0 saturated carbocycles. The van der Waals surface area contributed by atoms with Gasteiger partial charge < -0.3 is 10.2 Å². The van der Waals surface area contributed by atoms with Crippen LogP contribution in [-0.4, -0.2) is 41.5 Å². The maximum Gasteiger partial charge on any atom is 0.228 e. The predicted octanol–water partition coefficient (Wildman–Crippen LogP) is 2.17. The molecule has 2 heterocycles. The highest BCUT2D eigenvalue weighted by molar-refractivity contribution is 5.79. The second kappa shape index (κ2) is 7.55. The fourth-order valence-electron chi connectivity index (χ4n) is 2.89. The van der Waals surface area contributed by atoms with Crippen molar-refractivity contribution in [2.75, 3.05) is 19.6 Å². The number of hydrogen-bond acceptors (Lipinski definition) is 3. The number of amides is 1. The highest BCUT2D eigenvalue weighted by Gasteiger charge is 2.23. The number of pyridine rings is 1. The minimum absolute atomic E-state index is 0.199. The van der Waals surface area contributed by atoms with Crippen molar-refractivity contribution in [1.29, 1.82) is 0 Å². The Morgan fingerprint density at radius 2 is 2.14 bits per heavy atom. The highest BCUT2D eigenvalue weighted by Crippen LogP contribution is 2.16. The normalized spacial score (nSPS) is 16.2. The molecule has 1 N–H and O–H groups in total. The zero-order chi connectivity index (χ0) is 15.2. The highest BCUT2D eigenvalue weighted by atomic mass is 16.2. The van der Waals surface area contributed by atoms with Crippen molar-refractivity contribution >= 4 is 5.91 Å². The van der Waals surface area contributed by atoms with E-state index in [0.29, 0.717) is 12.3 Å². The zero-order valence-electron chi connectivity index (χ0n) is 13.4. The van der Waals surface area contributed by atoms with Crippen molar-refractivity contribution in [3.63, 3.8) is 0 Å². The first kappa shape index (κ1) is 16.0. The SMILES string of the molecule is Cc1cccnc1CC(=O)N(CC1CCNCC1)C(C)C. The van der Waals surface area contributed by atoms with Gasteiger partial charge in [-0.2, -0.15) is 0 Å². The maximum absolute atomic E-state index is 12.7. The summed E-state index contributed by atoms with van der Waals surface area (Å²) < 4.78 is 0. The van der Waals surface area contributed by atoms with Crippen LogP contribution in [0.25, 0.3) is 0 Å². The molecule has 4 nitrogen and oxygen atoms in total. The summed E-state index contributed by atoms with van der Waals surface area (Å²) in [4.78, 5) is 19.0. The van der Waals surface area contributed by atoms with Crippen molar-refractivity contribution in [2.24, 2.45) is 5.92 Å². The van der Waals surface area contributed by atoms with Gasteiger partial charge in [0.25, 0.3) is 0 Å². The van der Waals surface area contributed by atoms with Crippen LogP contribution in [0.5, 0.6) is 0 Å². The predicted molar refractivity (Wildman–Crippen MR) is 85.1 cm³/mol. The summed E-state index contributed by atoms with van der Waals surface area (Å²) in [5.74, 6) is 0.827. The smallest absolute Gasteiger partial charge is 0.228 e. The van der Waals surface area contributed by atoms with E-state index in [1.54, 1.807) is 6.20 Å². The molecule has 0 aromatic carbocycles. The lowest BCUT2D eigenvalue weighted by Crippen LogP contribution is -2.43. The summed E-state index contributed by atoms with van der Waals surface area (Å²) in [5.41, 5.74) is 2.00. The molecule has 4 heteroatoms. The topological polar surface area (TPSA) is 45.2 Å². The summed E-state index contributed by atoms with van der Waals surface area (Å²) in [6, 6.07) is 4.18. The van der Waals surface area contributed by atoms with Crippen LogP contribution in [0.3, 0.4) is 0 Å². The quantitative estimate of drug-likeness (QED) is 0.903. The third-order valence-corrected chi connectivity index (χ3v) is 4.29. The van der Waals surface area contributed by atoms with Gasteiger partial charge in [-0.15, -0.1) is 0 Å². The molecular formula is C17H27N3O. The average molecular weight is 289 g/mol. The Morgan fingerprint density at radius 3 is 2.76 bits per heavy atom. The van der Waals surface area contributed by atoms with Crippen LogP contribution in [0.15, 0.2) is 18.3 Å². The Balaban J connectivity index is 2.00. The number of rotatable bonds is 5. The first-order valence-electron chi connectivity index (χ1n) is 7.98. The molecule has 2 rings (SSSR count). The lowest BCUT2D eigenvalue weighted by molar-refractivity contribution is -0.133. The number of carbonyl (C=O) groups excluding carboxylic acids is 1. The minimum atomic E-state index is 0.199. The van der Waals surface area contributed by atoms with E-state index in [1.807, 2.05) is 24.0 Å².